The highest BCUT2D eigenvalue weighted by Crippen LogP contribution is 2.32. The standard InChI is InChI=1S/C25H31N5/c1-20-17-27-25(22-7-12-26-13-8-22)30(20)24-11-16-29(19-24)23-9-14-28(15-10-23)18-21-5-3-2-4-6-21/h2-8,12-13,17,23-24H,9-11,14-16,18-19H2,1H3. The van der Waals surface area contributed by atoms with Crippen LogP contribution < -0.4 is 0 Å². The fourth-order valence-electron chi connectivity index (χ4n) is 5.22. The lowest BCUT2D eigenvalue weighted by molar-refractivity contribution is 0.120. The van der Waals surface area contributed by atoms with Gasteiger partial charge < -0.3 is 4.57 Å². The van der Waals surface area contributed by atoms with Crippen LogP contribution in [0.25, 0.3) is 11.4 Å². The van der Waals surface area contributed by atoms with Crippen LogP contribution in [-0.4, -0.2) is 56.6 Å². The van der Waals surface area contributed by atoms with Crippen molar-refractivity contribution in [3.8, 4) is 11.4 Å². The first-order valence-electron chi connectivity index (χ1n) is 11.2. The van der Waals surface area contributed by atoms with Crippen LogP contribution in [0.5, 0.6) is 0 Å². The van der Waals surface area contributed by atoms with E-state index in [1.54, 1.807) is 0 Å². The van der Waals surface area contributed by atoms with Crippen LogP contribution >= 0.6 is 0 Å². The van der Waals surface area contributed by atoms with Gasteiger partial charge in [-0.15, -0.1) is 0 Å². The molecule has 2 aliphatic heterocycles. The number of aromatic nitrogens is 3. The van der Waals surface area contributed by atoms with Gasteiger partial charge in [0.15, 0.2) is 0 Å². The number of imidazole rings is 1. The molecule has 5 rings (SSSR count). The minimum absolute atomic E-state index is 0.512. The number of benzene rings is 1. The second kappa shape index (κ2) is 8.70. The second-order valence-corrected chi connectivity index (χ2v) is 8.76. The maximum Gasteiger partial charge on any atom is 0.140 e. The van der Waals surface area contributed by atoms with E-state index in [0.717, 1.165) is 30.5 Å². The average Bonchev–Trinajstić information content (AvgIpc) is 3.42. The largest absolute Gasteiger partial charge is 0.324 e. The van der Waals surface area contributed by atoms with Crippen molar-refractivity contribution in [2.45, 2.75) is 44.8 Å². The van der Waals surface area contributed by atoms with Gasteiger partial charge in [0.25, 0.3) is 0 Å². The van der Waals surface area contributed by atoms with E-state index < -0.39 is 0 Å². The van der Waals surface area contributed by atoms with Gasteiger partial charge in [0.05, 0.1) is 0 Å². The summed E-state index contributed by atoms with van der Waals surface area (Å²) in [5.41, 5.74) is 3.84. The number of hydrogen-bond donors (Lipinski definition) is 0. The summed E-state index contributed by atoms with van der Waals surface area (Å²) in [6, 6.07) is 16.2. The molecule has 1 unspecified atom stereocenters. The zero-order valence-corrected chi connectivity index (χ0v) is 17.8. The third-order valence-electron chi connectivity index (χ3n) is 6.80. The normalized spacial score (nSPS) is 21.3. The first kappa shape index (κ1) is 19.5. The van der Waals surface area contributed by atoms with Crippen LogP contribution in [-0.2, 0) is 6.54 Å². The Morgan fingerprint density at radius 3 is 2.40 bits per heavy atom. The van der Waals surface area contributed by atoms with Crippen molar-refractivity contribution in [3.05, 3.63) is 72.3 Å². The number of aryl methyl sites for hydroxylation is 1. The van der Waals surface area contributed by atoms with Crippen molar-refractivity contribution in [2.24, 2.45) is 0 Å². The summed E-state index contributed by atoms with van der Waals surface area (Å²) < 4.78 is 2.46. The number of piperidine rings is 1. The summed E-state index contributed by atoms with van der Waals surface area (Å²) in [5.74, 6) is 1.08. The molecule has 156 valence electrons. The molecule has 0 N–H and O–H groups in total. The van der Waals surface area contributed by atoms with E-state index >= 15 is 0 Å². The zero-order valence-electron chi connectivity index (χ0n) is 17.8. The van der Waals surface area contributed by atoms with Crippen molar-refractivity contribution >= 4 is 0 Å². The maximum absolute atomic E-state index is 4.73. The number of pyridine rings is 1. The summed E-state index contributed by atoms with van der Waals surface area (Å²) in [5, 5.41) is 0. The molecule has 2 aromatic heterocycles. The Morgan fingerprint density at radius 2 is 1.63 bits per heavy atom. The zero-order chi connectivity index (χ0) is 20.3. The van der Waals surface area contributed by atoms with E-state index in [1.807, 2.05) is 18.6 Å². The Labute approximate surface area is 179 Å². The third-order valence-corrected chi connectivity index (χ3v) is 6.80. The Balaban J connectivity index is 1.21. The molecule has 1 atom stereocenters. The second-order valence-electron chi connectivity index (χ2n) is 8.76. The monoisotopic (exact) mass is 401 g/mol. The van der Waals surface area contributed by atoms with Crippen molar-refractivity contribution in [1.82, 2.24) is 24.3 Å². The smallest absolute Gasteiger partial charge is 0.140 e. The highest BCUT2D eigenvalue weighted by Gasteiger charge is 2.32. The number of hydrogen-bond acceptors (Lipinski definition) is 4. The molecular weight excluding hydrogens is 370 g/mol. The predicted octanol–water partition coefficient (Wildman–Crippen LogP) is 4.16. The van der Waals surface area contributed by atoms with Crippen LogP contribution in [0, 0.1) is 6.92 Å². The van der Waals surface area contributed by atoms with Gasteiger partial charge in [0, 0.05) is 61.6 Å². The Bertz CT molecular complexity index is 944. The van der Waals surface area contributed by atoms with Crippen molar-refractivity contribution in [1.29, 1.82) is 0 Å². The van der Waals surface area contributed by atoms with E-state index in [-0.39, 0.29) is 0 Å². The van der Waals surface area contributed by atoms with E-state index in [0.29, 0.717) is 6.04 Å². The molecule has 2 aliphatic rings. The number of nitrogens with zero attached hydrogens (tertiary/aromatic N) is 5. The maximum atomic E-state index is 4.73. The molecule has 2 saturated heterocycles. The molecule has 0 spiro atoms. The summed E-state index contributed by atoms with van der Waals surface area (Å²) in [4.78, 5) is 14.2. The predicted molar refractivity (Wildman–Crippen MR) is 120 cm³/mol. The van der Waals surface area contributed by atoms with Crippen LogP contribution in [0.2, 0.25) is 0 Å². The van der Waals surface area contributed by atoms with Gasteiger partial charge in [0.2, 0.25) is 0 Å². The lowest BCUT2D eigenvalue weighted by Gasteiger charge is -2.37. The molecule has 0 saturated carbocycles. The quantitative estimate of drug-likeness (QED) is 0.643. The van der Waals surface area contributed by atoms with Crippen LogP contribution in [0.3, 0.4) is 0 Å². The first-order chi connectivity index (χ1) is 14.8. The van der Waals surface area contributed by atoms with Crippen molar-refractivity contribution in [2.75, 3.05) is 26.2 Å². The lowest BCUT2D eigenvalue weighted by atomic mass is 10.0. The van der Waals surface area contributed by atoms with Crippen LogP contribution in [0.15, 0.2) is 61.1 Å². The van der Waals surface area contributed by atoms with Gasteiger partial charge in [-0.2, -0.15) is 0 Å². The Morgan fingerprint density at radius 1 is 0.900 bits per heavy atom. The molecule has 0 aliphatic carbocycles. The summed E-state index contributed by atoms with van der Waals surface area (Å²) in [6.45, 7) is 8.00. The molecule has 30 heavy (non-hydrogen) atoms. The number of likely N-dealkylation sites (tertiary alicyclic amines) is 2. The van der Waals surface area contributed by atoms with Gasteiger partial charge in [-0.1, -0.05) is 30.3 Å². The average molecular weight is 402 g/mol. The minimum atomic E-state index is 0.512. The van der Waals surface area contributed by atoms with E-state index in [9.17, 15) is 0 Å². The fraction of sp³-hybridized carbons (Fsp3) is 0.440. The molecule has 1 aromatic carbocycles. The first-order valence-corrected chi connectivity index (χ1v) is 11.2. The molecule has 0 radical (unpaired) electrons. The van der Waals surface area contributed by atoms with Crippen molar-refractivity contribution in [3.63, 3.8) is 0 Å². The SMILES string of the molecule is Cc1cnc(-c2ccncc2)n1C1CCN(C2CCN(Cc3ccccc3)CC2)C1. The van der Waals surface area contributed by atoms with E-state index in [2.05, 4.69) is 68.7 Å². The van der Waals surface area contributed by atoms with Crippen molar-refractivity contribution < 1.29 is 0 Å². The highest BCUT2D eigenvalue weighted by atomic mass is 15.3. The van der Waals surface area contributed by atoms with Crippen LogP contribution in [0.4, 0.5) is 0 Å². The Kier molecular flexibility index (Phi) is 5.65. The van der Waals surface area contributed by atoms with Gasteiger partial charge >= 0.3 is 0 Å². The molecular formula is C25H31N5. The van der Waals surface area contributed by atoms with Gasteiger partial charge in [-0.05, 0) is 57.0 Å². The summed E-state index contributed by atoms with van der Waals surface area (Å²) >= 11 is 0. The fourth-order valence-corrected chi connectivity index (χ4v) is 5.22. The van der Waals surface area contributed by atoms with E-state index in [4.69, 9.17) is 4.98 Å². The molecule has 5 nitrogen and oxygen atoms in total. The molecule has 0 bridgehead atoms. The van der Waals surface area contributed by atoms with Gasteiger partial charge in [-0.3, -0.25) is 14.8 Å². The topological polar surface area (TPSA) is 37.2 Å². The lowest BCUT2D eigenvalue weighted by Crippen LogP contribution is -2.43. The molecule has 3 aromatic rings. The van der Waals surface area contributed by atoms with Crippen LogP contribution in [0.1, 0.15) is 36.6 Å². The van der Waals surface area contributed by atoms with Gasteiger partial charge in [0.1, 0.15) is 5.82 Å². The molecule has 2 fully saturated rings. The molecule has 4 heterocycles. The molecule has 5 heteroatoms. The number of rotatable bonds is 5. The Hall–Kier alpha value is -2.50. The van der Waals surface area contributed by atoms with Gasteiger partial charge in [-0.25, -0.2) is 4.98 Å². The summed E-state index contributed by atoms with van der Waals surface area (Å²) in [6.07, 6.45) is 9.49. The highest BCUT2D eigenvalue weighted by molar-refractivity contribution is 5.55. The molecule has 0 amide bonds. The minimum Gasteiger partial charge on any atom is -0.324 e. The van der Waals surface area contributed by atoms with E-state index in [1.165, 1.54) is 50.2 Å². The third kappa shape index (κ3) is 4.05. The summed E-state index contributed by atoms with van der Waals surface area (Å²) in [7, 11) is 0.